The molecule has 1 aliphatic heterocycles. The fraction of sp³-hybridized carbons (Fsp3) is 0.333. The molecule has 4 N–H and O–H groups in total. The summed E-state index contributed by atoms with van der Waals surface area (Å²) in [4.78, 5) is 23.0. The van der Waals surface area contributed by atoms with Gasteiger partial charge in [-0.2, -0.15) is 0 Å². The summed E-state index contributed by atoms with van der Waals surface area (Å²) in [5, 5.41) is 10.3. The van der Waals surface area contributed by atoms with Crippen LogP contribution in [0.3, 0.4) is 0 Å². The molecule has 2 rings (SSSR count). The molecule has 0 spiro atoms. The van der Waals surface area contributed by atoms with E-state index in [1.807, 2.05) is 0 Å². The molecule has 0 aliphatic carbocycles. The number of sulfonamides is 1. The highest BCUT2D eigenvalue weighted by Crippen LogP contribution is 2.22. The first-order valence-corrected chi connectivity index (χ1v) is 7.56. The Bertz CT molecular complexity index is 669. The van der Waals surface area contributed by atoms with Crippen molar-refractivity contribution < 1.29 is 18.0 Å². The molecule has 0 saturated carbocycles. The van der Waals surface area contributed by atoms with Gasteiger partial charge in [-0.05, 0) is 31.0 Å². The minimum absolute atomic E-state index is 0.0363. The van der Waals surface area contributed by atoms with Gasteiger partial charge < -0.3 is 10.6 Å². The summed E-state index contributed by atoms with van der Waals surface area (Å²) in [5.74, 6) is -0.536. The Labute approximate surface area is 116 Å². The number of carbonyl (C=O) groups is 2. The van der Waals surface area contributed by atoms with Gasteiger partial charge in [0.25, 0.3) is 0 Å². The molecule has 1 saturated heterocycles. The maximum Gasteiger partial charge on any atom is 0.246 e. The maximum atomic E-state index is 12.0. The smallest absolute Gasteiger partial charge is 0.246 e. The Hall–Kier alpha value is -1.93. The highest BCUT2D eigenvalue weighted by molar-refractivity contribution is 7.89. The number of amides is 2. The van der Waals surface area contributed by atoms with Crippen molar-refractivity contribution in [2.24, 2.45) is 5.14 Å². The Morgan fingerprint density at radius 1 is 1.45 bits per heavy atom. The molecule has 7 nitrogen and oxygen atoms in total. The van der Waals surface area contributed by atoms with Crippen molar-refractivity contribution in [3.05, 3.63) is 23.8 Å². The lowest BCUT2D eigenvalue weighted by Crippen LogP contribution is -2.37. The van der Waals surface area contributed by atoms with Crippen LogP contribution in [0.5, 0.6) is 0 Å². The Morgan fingerprint density at radius 2 is 2.15 bits per heavy atom. The third-order valence-corrected chi connectivity index (χ3v) is 4.22. The van der Waals surface area contributed by atoms with E-state index in [-0.39, 0.29) is 16.7 Å². The van der Waals surface area contributed by atoms with Crippen molar-refractivity contribution in [3.8, 4) is 0 Å². The van der Waals surface area contributed by atoms with E-state index in [0.717, 1.165) is 0 Å². The highest BCUT2D eigenvalue weighted by atomic mass is 32.2. The standard InChI is InChI=1S/C12H15N3O4S/c1-7-8(3-2-4-10(7)20(13,18)19)15-12(17)9-5-6-11(16)14-9/h2-4,9H,5-6H2,1H3,(H,14,16)(H,15,17)(H2,13,18,19). The number of nitrogens with two attached hydrogens (primary N) is 1. The SMILES string of the molecule is Cc1c(NC(=O)C2CCC(=O)N2)cccc1S(N)(=O)=O. The van der Waals surface area contributed by atoms with Gasteiger partial charge >= 0.3 is 0 Å². The second-order valence-corrected chi connectivity index (χ2v) is 6.15. The van der Waals surface area contributed by atoms with Crippen LogP contribution in [0.2, 0.25) is 0 Å². The number of carbonyl (C=O) groups excluding carboxylic acids is 2. The van der Waals surface area contributed by atoms with Crippen LogP contribution in [-0.4, -0.2) is 26.3 Å². The van der Waals surface area contributed by atoms with E-state index in [9.17, 15) is 18.0 Å². The minimum atomic E-state index is -3.84. The first kappa shape index (κ1) is 14.5. The lowest BCUT2D eigenvalue weighted by Gasteiger charge is -2.14. The number of hydrogen-bond donors (Lipinski definition) is 3. The second-order valence-electron chi connectivity index (χ2n) is 4.62. The van der Waals surface area contributed by atoms with Gasteiger partial charge in [-0.25, -0.2) is 13.6 Å². The summed E-state index contributed by atoms with van der Waals surface area (Å²) >= 11 is 0. The van der Waals surface area contributed by atoms with Crippen molar-refractivity contribution in [3.63, 3.8) is 0 Å². The van der Waals surface area contributed by atoms with Crippen LogP contribution in [0.25, 0.3) is 0 Å². The van der Waals surface area contributed by atoms with Gasteiger partial charge in [0, 0.05) is 12.1 Å². The minimum Gasteiger partial charge on any atom is -0.344 e. The third kappa shape index (κ3) is 2.97. The fourth-order valence-electron chi connectivity index (χ4n) is 2.09. The van der Waals surface area contributed by atoms with Gasteiger partial charge in [0.1, 0.15) is 6.04 Å². The van der Waals surface area contributed by atoms with Crippen molar-refractivity contribution in [2.75, 3.05) is 5.32 Å². The highest BCUT2D eigenvalue weighted by Gasteiger charge is 2.27. The molecule has 108 valence electrons. The molecule has 1 aromatic rings. The molecule has 1 aliphatic rings. The lowest BCUT2D eigenvalue weighted by atomic mass is 10.1. The van der Waals surface area contributed by atoms with E-state index in [0.29, 0.717) is 24.1 Å². The van der Waals surface area contributed by atoms with Crippen LogP contribution in [0.15, 0.2) is 23.1 Å². The van der Waals surface area contributed by atoms with Gasteiger partial charge in [-0.3, -0.25) is 9.59 Å². The average molecular weight is 297 g/mol. The summed E-state index contributed by atoms with van der Waals surface area (Å²) < 4.78 is 22.8. The normalized spacial score (nSPS) is 18.7. The van der Waals surface area contributed by atoms with Crippen molar-refractivity contribution in [1.29, 1.82) is 0 Å². The summed E-state index contributed by atoms with van der Waals surface area (Å²) in [5.41, 5.74) is 0.732. The van der Waals surface area contributed by atoms with Crippen molar-refractivity contribution in [2.45, 2.75) is 30.7 Å². The molecule has 1 aromatic carbocycles. The molecule has 20 heavy (non-hydrogen) atoms. The van der Waals surface area contributed by atoms with Gasteiger partial charge in [-0.1, -0.05) is 6.07 Å². The lowest BCUT2D eigenvalue weighted by molar-refractivity contribution is -0.122. The zero-order chi connectivity index (χ0) is 14.9. The molecule has 2 amide bonds. The number of nitrogens with one attached hydrogen (secondary N) is 2. The van der Waals surface area contributed by atoms with Gasteiger partial charge in [-0.15, -0.1) is 0 Å². The van der Waals surface area contributed by atoms with Gasteiger partial charge in [0.2, 0.25) is 21.8 Å². The van der Waals surface area contributed by atoms with Gasteiger partial charge in [0.15, 0.2) is 0 Å². The number of benzene rings is 1. The molecule has 0 radical (unpaired) electrons. The number of anilines is 1. The number of rotatable bonds is 3. The molecule has 1 fully saturated rings. The number of primary sulfonamides is 1. The molecule has 0 aromatic heterocycles. The molecule has 1 unspecified atom stereocenters. The molecule has 0 bridgehead atoms. The quantitative estimate of drug-likeness (QED) is 0.719. The van der Waals surface area contributed by atoms with Gasteiger partial charge in [0.05, 0.1) is 4.90 Å². The van der Waals surface area contributed by atoms with Crippen LogP contribution in [0.4, 0.5) is 5.69 Å². The van der Waals surface area contributed by atoms with Crippen molar-refractivity contribution in [1.82, 2.24) is 5.32 Å². The maximum absolute atomic E-state index is 12.0. The van der Waals surface area contributed by atoms with Crippen LogP contribution in [0.1, 0.15) is 18.4 Å². The topological polar surface area (TPSA) is 118 Å². The fourth-order valence-corrected chi connectivity index (χ4v) is 2.89. The molecular weight excluding hydrogens is 282 g/mol. The molecular formula is C12H15N3O4S. The monoisotopic (exact) mass is 297 g/mol. The van der Waals surface area contributed by atoms with E-state index < -0.39 is 16.1 Å². The summed E-state index contributed by atoms with van der Waals surface area (Å²) in [7, 11) is -3.84. The van der Waals surface area contributed by atoms with E-state index in [1.165, 1.54) is 12.1 Å². The molecule has 8 heteroatoms. The summed E-state index contributed by atoms with van der Waals surface area (Å²) in [6.07, 6.45) is 0.743. The van der Waals surface area contributed by atoms with E-state index in [4.69, 9.17) is 5.14 Å². The third-order valence-electron chi connectivity index (χ3n) is 3.16. The predicted molar refractivity (Wildman–Crippen MR) is 72.3 cm³/mol. The van der Waals surface area contributed by atoms with E-state index >= 15 is 0 Å². The molecule has 1 heterocycles. The first-order chi connectivity index (χ1) is 9.29. The summed E-state index contributed by atoms with van der Waals surface area (Å²) in [6, 6.07) is 3.87. The van der Waals surface area contributed by atoms with E-state index in [1.54, 1.807) is 13.0 Å². The first-order valence-electron chi connectivity index (χ1n) is 6.01. The van der Waals surface area contributed by atoms with E-state index in [2.05, 4.69) is 10.6 Å². The Balaban J connectivity index is 2.22. The van der Waals surface area contributed by atoms with Crippen LogP contribution in [0, 0.1) is 6.92 Å². The largest absolute Gasteiger partial charge is 0.344 e. The zero-order valence-electron chi connectivity index (χ0n) is 10.8. The van der Waals surface area contributed by atoms with Crippen molar-refractivity contribution >= 4 is 27.5 Å². The predicted octanol–water partition coefficient (Wildman–Crippen LogP) is -0.140. The second kappa shape index (κ2) is 5.22. The average Bonchev–Trinajstić information content (AvgIpc) is 2.77. The Kier molecular flexibility index (Phi) is 3.78. The Morgan fingerprint density at radius 3 is 2.70 bits per heavy atom. The zero-order valence-corrected chi connectivity index (χ0v) is 11.7. The summed E-state index contributed by atoms with van der Waals surface area (Å²) in [6.45, 7) is 1.56. The van der Waals surface area contributed by atoms with Crippen LogP contribution in [-0.2, 0) is 19.6 Å². The van der Waals surface area contributed by atoms with Crippen LogP contribution < -0.4 is 15.8 Å². The van der Waals surface area contributed by atoms with Crippen LogP contribution >= 0.6 is 0 Å². The number of hydrogen-bond acceptors (Lipinski definition) is 4. The molecule has 1 atom stereocenters.